The van der Waals surface area contributed by atoms with Gasteiger partial charge >= 0.3 is 0 Å². The van der Waals surface area contributed by atoms with Crippen molar-refractivity contribution in [3.05, 3.63) is 29.5 Å². The quantitative estimate of drug-likeness (QED) is 0.670. The number of rotatable bonds is 3. The van der Waals surface area contributed by atoms with Crippen LogP contribution in [0.2, 0.25) is 0 Å². The van der Waals surface area contributed by atoms with Crippen molar-refractivity contribution in [1.29, 1.82) is 0 Å². The highest BCUT2D eigenvalue weighted by atomic mass is 15.4. The third kappa shape index (κ3) is 2.76. The molecule has 0 aliphatic carbocycles. The topological polar surface area (TPSA) is 64.2 Å². The van der Waals surface area contributed by atoms with Gasteiger partial charge in [-0.15, -0.1) is 0 Å². The molecule has 6 heteroatoms. The van der Waals surface area contributed by atoms with Crippen LogP contribution < -0.4 is 26.4 Å². The summed E-state index contributed by atoms with van der Waals surface area (Å²) in [6.45, 7) is 6.30. The van der Waals surface area contributed by atoms with Crippen LogP contribution in [0.15, 0.2) is 23.9 Å². The Morgan fingerprint density at radius 2 is 1.95 bits per heavy atom. The molecule has 3 atom stereocenters. The van der Waals surface area contributed by atoms with Gasteiger partial charge in [-0.3, -0.25) is 0 Å². The zero-order chi connectivity index (χ0) is 15.1. The predicted molar refractivity (Wildman–Crippen MR) is 88.6 cm³/mol. The van der Waals surface area contributed by atoms with E-state index >= 15 is 0 Å². The van der Waals surface area contributed by atoms with Gasteiger partial charge in [0.05, 0.1) is 0 Å². The van der Waals surface area contributed by atoms with Crippen LogP contribution in [-0.2, 0) is 0 Å². The second-order valence-electron chi connectivity index (χ2n) is 6.67. The Balaban J connectivity index is 1.53. The number of hydrazine groups is 1. The molecule has 0 spiro atoms. The lowest BCUT2D eigenvalue weighted by Gasteiger charge is -2.34. The maximum Gasteiger partial charge on any atom is 0.131 e. The number of fused-ring (bicyclic) bond motifs is 2. The smallest absolute Gasteiger partial charge is 0.131 e. The fourth-order valence-electron chi connectivity index (χ4n) is 3.63. The standard InChI is InChI=1S/C16H24N6/c1-10-5-14(18-15-7-11(2)20-21-15)19-16(6-10)22-8-12-3-4-13(9-22)17-12/h5-7,12-13,15,17,20-21H,3-4,8-9H2,1-2H3,(H,18,19). The lowest BCUT2D eigenvalue weighted by molar-refractivity contribution is 0.463. The molecular weight excluding hydrogens is 276 g/mol. The van der Waals surface area contributed by atoms with Crippen molar-refractivity contribution in [2.24, 2.45) is 0 Å². The van der Waals surface area contributed by atoms with Gasteiger partial charge < -0.3 is 21.0 Å². The number of hydrogen-bond acceptors (Lipinski definition) is 6. The van der Waals surface area contributed by atoms with Crippen LogP contribution in [0.3, 0.4) is 0 Å². The number of aromatic nitrogens is 1. The first-order valence-electron chi connectivity index (χ1n) is 8.12. The van der Waals surface area contributed by atoms with Gasteiger partial charge in [-0.1, -0.05) is 0 Å². The molecule has 0 aromatic carbocycles. The van der Waals surface area contributed by atoms with Gasteiger partial charge in [0.15, 0.2) is 0 Å². The zero-order valence-electron chi connectivity index (χ0n) is 13.2. The molecule has 4 rings (SSSR count). The van der Waals surface area contributed by atoms with Crippen LogP contribution >= 0.6 is 0 Å². The number of nitrogens with zero attached hydrogens (tertiary/aromatic N) is 2. The minimum atomic E-state index is 0.0846. The Bertz CT molecular complexity index is 586. The lowest BCUT2D eigenvalue weighted by atomic mass is 10.2. The average Bonchev–Trinajstić information content (AvgIpc) is 3.03. The van der Waals surface area contributed by atoms with Gasteiger partial charge in [0.2, 0.25) is 0 Å². The molecule has 4 N–H and O–H groups in total. The van der Waals surface area contributed by atoms with E-state index < -0.39 is 0 Å². The third-order valence-corrected chi connectivity index (χ3v) is 4.64. The van der Waals surface area contributed by atoms with E-state index in [-0.39, 0.29) is 6.17 Å². The predicted octanol–water partition coefficient (Wildman–Crippen LogP) is 1.08. The van der Waals surface area contributed by atoms with E-state index in [1.54, 1.807) is 0 Å². The monoisotopic (exact) mass is 300 g/mol. The maximum absolute atomic E-state index is 4.83. The van der Waals surface area contributed by atoms with Crippen molar-refractivity contribution in [3.63, 3.8) is 0 Å². The van der Waals surface area contributed by atoms with Gasteiger partial charge in [0, 0.05) is 30.9 Å². The summed E-state index contributed by atoms with van der Waals surface area (Å²) in [6, 6.07) is 5.55. The van der Waals surface area contributed by atoms with Gasteiger partial charge in [-0.05, 0) is 50.5 Å². The molecule has 0 amide bonds. The summed E-state index contributed by atoms with van der Waals surface area (Å²) in [7, 11) is 0. The third-order valence-electron chi connectivity index (χ3n) is 4.64. The van der Waals surface area contributed by atoms with E-state index in [0.29, 0.717) is 12.1 Å². The first-order chi connectivity index (χ1) is 10.7. The van der Waals surface area contributed by atoms with Crippen LogP contribution in [0, 0.1) is 6.92 Å². The van der Waals surface area contributed by atoms with E-state index in [2.05, 4.69) is 51.5 Å². The molecule has 4 heterocycles. The molecule has 3 aliphatic rings. The number of nitrogens with one attached hydrogen (secondary N) is 4. The number of pyridine rings is 1. The fraction of sp³-hybridized carbons (Fsp3) is 0.562. The van der Waals surface area contributed by atoms with Crippen molar-refractivity contribution in [1.82, 2.24) is 21.2 Å². The second-order valence-corrected chi connectivity index (χ2v) is 6.67. The summed E-state index contributed by atoms with van der Waals surface area (Å²) >= 11 is 0. The van der Waals surface area contributed by atoms with Crippen molar-refractivity contribution in [3.8, 4) is 0 Å². The van der Waals surface area contributed by atoms with Gasteiger partial charge in [0.25, 0.3) is 0 Å². The normalized spacial score (nSPS) is 30.2. The van der Waals surface area contributed by atoms with Gasteiger partial charge in [0.1, 0.15) is 17.8 Å². The van der Waals surface area contributed by atoms with Crippen LogP contribution in [0.25, 0.3) is 0 Å². The van der Waals surface area contributed by atoms with E-state index in [0.717, 1.165) is 30.4 Å². The molecule has 22 heavy (non-hydrogen) atoms. The number of anilines is 2. The molecule has 2 bridgehead atoms. The molecule has 3 aliphatic heterocycles. The maximum atomic E-state index is 4.83. The van der Waals surface area contributed by atoms with Crippen LogP contribution in [-0.4, -0.2) is 36.3 Å². The summed E-state index contributed by atoms with van der Waals surface area (Å²) in [6.07, 6.45) is 4.79. The van der Waals surface area contributed by atoms with Crippen molar-refractivity contribution >= 4 is 11.6 Å². The zero-order valence-corrected chi connectivity index (χ0v) is 13.2. The Hall–Kier alpha value is -1.79. The van der Waals surface area contributed by atoms with Gasteiger partial charge in [-0.2, -0.15) is 0 Å². The number of allylic oxidation sites excluding steroid dienone is 1. The van der Waals surface area contributed by atoms with Crippen molar-refractivity contribution < 1.29 is 0 Å². The van der Waals surface area contributed by atoms with E-state index in [1.165, 1.54) is 18.4 Å². The molecule has 0 radical (unpaired) electrons. The molecule has 3 unspecified atom stereocenters. The minimum Gasteiger partial charge on any atom is -0.353 e. The van der Waals surface area contributed by atoms with E-state index in [4.69, 9.17) is 4.98 Å². The summed E-state index contributed by atoms with van der Waals surface area (Å²) < 4.78 is 0. The van der Waals surface area contributed by atoms with Crippen LogP contribution in [0.1, 0.15) is 25.3 Å². The van der Waals surface area contributed by atoms with Crippen LogP contribution in [0.5, 0.6) is 0 Å². The number of piperazine rings is 1. The Kier molecular flexibility index (Phi) is 3.43. The van der Waals surface area contributed by atoms with Crippen LogP contribution in [0.4, 0.5) is 11.6 Å². The Morgan fingerprint density at radius 3 is 2.64 bits per heavy atom. The highest BCUT2D eigenvalue weighted by Crippen LogP contribution is 2.26. The molecule has 118 valence electrons. The fourth-order valence-corrected chi connectivity index (χ4v) is 3.63. The average molecular weight is 300 g/mol. The Labute approximate surface area is 131 Å². The first-order valence-corrected chi connectivity index (χ1v) is 8.12. The molecule has 2 fully saturated rings. The summed E-state index contributed by atoms with van der Waals surface area (Å²) in [5.41, 5.74) is 8.65. The molecule has 0 saturated carbocycles. The summed E-state index contributed by atoms with van der Waals surface area (Å²) in [5.74, 6) is 2.01. The summed E-state index contributed by atoms with van der Waals surface area (Å²) in [4.78, 5) is 7.26. The number of aryl methyl sites for hydroxylation is 1. The molecular formula is C16H24N6. The molecule has 1 aromatic heterocycles. The van der Waals surface area contributed by atoms with E-state index in [9.17, 15) is 0 Å². The summed E-state index contributed by atoms with van der Waals surface area (Å²) in [5, 5.41) is 7.10. The van der Waals surface area contributed by atoms with Gasteiger partial charge in [-0.25, -0.2) is 10.4 Å². The minimum absolute atomic E-state index is 0.0846. The van der Waals surface area contributed by atoms with E-state index in [1.807, 2.05) is 6.92 Å². The molecule has 6 nitrogen and oxygen atoms in total. The molecule has 2 saturated heterocycles. The number of hydrogen-bond donors (Lipinski definition) is 4. The first kappa shape index (κ1) is 13.8. The second kappa shape index (κ2) is 5.44. The SMILES string of the molecule is CC1=CC(Nc2cc(C)cc(N3CC4CCC(C3)N4)n2)NN1. The lowest BCUT2D eigenvalue weighted by Crippen LogP contribution is -2.51. The molecule has 1 aromatic rings. The largest absolute Gasteiger partial charge is 0.353 e. The van der Waals surface area contributed by atoms with Crippen molar-refractivity contribution in [2.45, 2.75) is 44.9 Å². The highest BCUT2D eigenvalue weighted by molar-refractivity contribution is 5.52. The Morgan fingerprint density at radius 1 is 1.18 bits per heavy atom. The van der Waals surface area contributed by atoms with Crippen molar-refractivity contribution in [2.75, 3.05) is 23.3 Å². The highest BCUT2D eigenvalue weighted by Gasteiger charge is 2.32.